The number of carboxylic acid groups (broad SMARTS) is 1. The lowest BCUT2D eigenvalue weighted by Gasteiger charge is -2.03. The van der Waals surface area contributed by atoms with Crippen molar-refractivity contribution in [1.82, 2.24) is 0 Å². The molecule has 0 aliphatic carbocycles. The van der Waals surface area contributed by atoms with Gasteiger partial charge in [-0.2, -0.15) is 0 Å². The minimum atomic E-state index is -0.958. The Morgan fingerprint density at radius 2 is 2.07 bits per heavy atom. The monoisotopic (exact) mass is 206 g/mol. The standard InChI is InChI=1S/C12H14O3/c1-2-10-5-7-11(8-6-10)15-9-3-4-12(13)14/h3-8H,2,9H2,1H3,(H,13,14). The van der Waals surface area contributed by atoms with E-state index in [1.165, 1.54) is 11.6 Å². The minimum Gasteiger partial charge on any atom is -0.490 e. The van der Waals surface area contributed by atoms with Crippen molar-refractivity contribution in [1.29, 1.82) is 0 Å². The third kappa shape index (κ3) is 4.31. The molecule has 80 valence electrons. The molecule has 3 heteroatoms. The maximum Gasteiger partial charge on any atom is 0.328 e. The number of hydrogen-bond donors (Lipinski definition) is 1. The Hall–Kier alpha value is -1.77. The number of aliphatic carboxylic acids is 1. The van der Waals surface area contributed by atoms with Gasteiger partial charge in [-0.15, -0.1) is 0 Å². The fourth-order valence-electron chi connectivity index (χ4n) is 1.11. The summed E-state index contributed by atoms with van der Waals surface area (Å²) >= 11 is 0. The number of hydrogen-bond acceptors (Lipinski definition) is 2. The molecule has 0 saturated carbocycles. The van der Waals surface area contributed by atoms with Crippen LogP contribution in [0.2, 0.25) is 0 Å². The van der Waals surface area contributed by atoms with Gasteiger partial charge in [-0.25, -0.2) is 4.79 Å². The number of carboxylic acids is 1. The number of carbonyl (C=O) groups is 1. The van der Waals surface area contributed by atoms with E-state index < -0.39 is 5.97 Å². The minimum absolute atomic E-state index is 0.276. The highest BCUT2D eigenvalue weighted by molar-refractivity contribution is 5.79. The fraction of sp³-hybridized carbons (Fsp3) is 0.250. The number of benzene rings is 1. The lowest BCUT2D eigenvalue weighted by molar-refractivity contribution is -0.131. The van der Waals surface area contributed by atoms with Crippen LogP contribution in [0.4, 0.5) is 0 Å². The molecule has 1 rings (SSSR count). The first-order chi connectivity index (χ1) is 7.22. The summed E-state index contributed by atoms with van der Waals surface area (Å²) in [5, 5.41) is 8.34. The maximum absolute atomic E-state index is 10.2. The molecule has 0 bridgehead atoms. The van der Waals surface area contributed by atoms with E-state index in [-0.39, 0.29) is 6.61 Å². The van der Waals surface area contributed by atoms with E-state index in [0.717, 1.165) is 18.2 Å². The van der Waals surface area contributed by atoms with Gasteiger partial charge in [0.15, 0.2) is 0 Å². The molecule has 1 N–H and O–H groups in total. The van der Waals surface area contributed by atoms with Crippen LogP contribution in [0.25, 0.3) is 0 Å². The Balaban J connectivity index is 2.41. The first-order valence-electron chi connectivity index (χ1n) is 4.83. The second-order valence-electron chi connectivity index (χ2n) is 3.05. The van der Waals surface area contributed by atoms with Crippen LogP contribution in [-0.2, 0) is 11.2 Å². The van der Waals surface area contributed by atoms with E-state index in [9.17, 15) is 4.79 Å². The van der Waals surface area contributed by atoms with Crippen LogP contribution in [0.3, 0.4) is 0 Å². The summed E-state index contributed by atoms with van der Waals surface area (Å²) in [6, 6.07) is 7.76. The normalized spacial score (nSPS) is 10.5. The van der Waals surface area contributed by atoms with Gasteiger partial charge in [0.05, 0.1) is 0 Å². The average molecular weight is 206 g/mol. The van der Waals surface area contributed by atoms with Gasteiger partial charge in [0, 0.05) is 6.08 Å². The van der Waals surface area contributed by atoms with E-state index >= 15 is 0 Å². The van der Waals surface area contributed by atoms with Gasteiger partial charge in [-0.1, -0.05) is 19.1 Å². The van der Waals surface area contributed by atoms with Crippen molar-refractivity contribution in [2.75, 3.05) is 6.61 Å². The third-order valence-corrected chi connectivity index (χ3v) is 1.94. The van der Waals surface area contributed by atoms with Crippen LogP contribution in [0, 0.1) is 0 Å². The molecular formula is C12H14O3. The summed E-state index contributed by atoms with van der Waals surface area (Å²) in [5.74, 6) is -0.206. The lowest BCUT2D eigenvalue weighted by Crippen LogP contribution is -1.95. The lowest BCUT2D eigenvalue weighted by atomic mass is 10.2. The predicted octanol–water partition coefficient (Wildman–Crippen LogP) is 2.27. The molecule has 0 fully saturated rings. The quantitative estimate of drug-likeness (QED) is 0.752. The number of rotatable bonds is 5. The van der Waals surface area contributed by atoms with Gasteiger partial charge in [0.1, 0.15) is 12.4 Å². The van der Waals surface area contributed by atoms with E-state index in [1.54, 1.807) is 0 Å². The molecule has 0 heterocycles. The first kappa shape index (κ1) is 11.3. The fourth-order valence-corrected chi connectivity index (χ4v) is 1.11. The molecule has 0 radical (unpaired) electrons. The third-order valence-electron chi connectivity index (χ3n) is 1.94. The second kappa shape index (κ2) is 5.86. The molecule has 0 unspecified atom stereocenters. The Labute approximate surface area is 89.0 Å². The SMILES string of the molecule is CCc1ccc(OCC=CC(=O)O)cc1. The van der Waals surface area contributed by atoms with E-state index in [0.29, 0.717) is 0 Å². The summed E-state index contributed by atoms with van der Waals surface area (Å²) < 4.78 is 5.31. The van der Waals surface area contributed by atoms with Crippen LogP contribution in [-0.4, -0.2) is 17.7 Å². The van der Waals surface area contributed by atoms with Gasteiger partial charge < -0.3 is 9.84 Å². The molecule has 3 nitrogen and oxygen atoms in total. The number of aryl methyl sites for hydroxylation is 1. The van der Waals surface area contributed by atoms with Crippen LogP contribution < -0.4 is 4.74 Å². The van der Waals surface area contributed by atoms with Crippen LogP contribution in [0.5, 0.6) is 5.75 Å². The molecule has 0 aliphatic heterocycles. The predicted molar refractivity (Wildman–Crippen MR) is 58.1 cm³/mol. The highest BCUT2D eigenvalue weighted by atomic mass is 16.5. The van der Waals surface area contributed by atoms with Crippen LogP contribution >= 0.6 is 0 Å². The van der Waals surface area contributed by atoms with Crippen molar-refractivity contribution in [3.05, 3.63) is 42.0 Å². The van der Waals surface area contributed by atoms with Crippen LogP contribution in [0.1, 0.15) is 12.5 Å². The Bertz CT molecular complexity index is 338. The summed E-state index contributed by atoms with van der Waals surface area (Å²) in [6.45, 7) is 2.36. The Morgan fingerprint density at radius 1 is 1.40 bits per heavy atom. The zero-order valence-electron chi connectivity index (χ0n) is 8.64. The van der Waals surface area contributed by atoms with Gasteiger partial charge in [-0.3, -0.25) is 0 Å². The topological polar surface area (TPSA) is 46.5 Å². The Kier molecular flexibility index (Phi) is 4.41. The Morgan fingerprint density at radius 3 is 2.60 bits per heavy atom. The summed E-state index contributed by atoms with van der Waals surface area (Å²) in [4.78, 5) is 10.2. The largest absolute Gasteiger partial charge is 0.490 e. The summed E-state index contributed by atoms with van der Waals surface area (Å²) in [6.07, 6.45) is 3.54. The summed E-state index contributed by atoms with van der Waals surface area (Å²) in [5.41, 5.74) is 1.25. The molecule has 1 aromatic carbocycles. The van der Waals surface area contributed by atoms with Crippen molar-refractivity contribution in [3.8, 4) is 5.75 Å². The number of ether oxygens (including phenoxy) is 1. The zero-order chi connectivity index (χ0) is 11.1. The zero-order valence-corrected chi connectivity index (χ0v) is 8.64. The molecule has 0 aliphatic rings. The van der Waals surface area contributed by atoms with Crippen molar-refractivity contribution < 1.29 is 14.6 Å². The van der Waals surface area contributed by atoms with Crippen LogP contribution in [0.15, 0.2) is 36.4 Å². The van der Waals surface area contributed by atoms with Gasteiger partial charge in [-0.05, 0) is 30.2 Å². The highest BCUT2D eigenvalue weighted by Crippen LogP contribution is 2.12. The molecule has 0 aromatic heterocycles. The van der Waals surface area contributed by atoms with E-state index in [4.69, 9.17) is 9.84 Å². The van der Waals surface area contributed by atoms with Crippen molar-refractivity contribution >= 4 is 5.97 Å². The molecule has 1 aromatic rings. The van der Waals surface area contributed by atoms with Crippen molar-refractivity contribution in [2.45, 2.75) is 13.3 Å². The van der Waals surface area contributed by atoms with Crippen molar-refractivity contribution in [3.63, 3.8) is 0 Å². The average Bonchev–Trinajstić information content (AvgIpc) is 2.25. The summed E-state index contributed by atoms with van der Waals surface area (Å²) in [7, 11) is 0. The van der Waals surface area contributed by atoms with Gasteiger partial charge >= 0.3 is 5.97 Å². The van der Waals surface area contributed by atoms with Gasteiger partial charge in [0.25, 0.3) is 0 Å². The van der Waals surface area contributed by atoms with Gasteiger partial charge in [0.2, 0.25) is 0 Å². The molecule has 0 amide bonds. The maximum atomic E-state index is 10.2. The van der Waals surface area contributed by atoms with E-state index in [1.807, 2.05) is 24.3 Å². The molecular weight excluding hydrogens is 192 g/mol. The molecule has 0 spiro atoms. The van der Waals surface area contributed by atoms with E-state index in [2.05, 4.69) is 6.92 Å². The second-order valence-corrected chi connectivity index (χ2v) is 3.05. The van der Waals surface area contributed by atoms with Crippen molar-refractivity contribution in [2.24, 2.45) is 0 Å². The molecule has 0 atom stereocenters. The molecule has 15 heavy (non-hydrogen) atoms. The first-order valence-corrected chi connectivity index (χ1v) is 4.83. The highest BCUT2D eigenvalue weighted by Gasteiger charge is 1.92. The smallest absolute Gasteiger partial charge is 0.328 e. The molecule has 0 saturated heterocycles.